The molecule has 4 heteroatoms. The zero-order valence-corrected chi connectivity index (χ0v) is 10.1. The van der Waals surface area contributed by atoms with Gasteiger partial charge in [0, 0.05) is 16.8 Å². The summed E-state index contributed by atoms with van der Waals surface area (Å²) in [4.78, 5) is 15.8. The molecule has 0 aliphatic heterocycles. The molecule has 0 bridgehead atoms. The number of carboxylic acids is 1. The van der Waals surface area contributed by atoms with E-state index in [2.05, 4.69) is 4.98 Å². The van der Waals surface area contributed by atoms with Crippen LogP contribution in [0.2, 0.25) is 0 Å². The first-order chi connectivity index (χ1) is 8.59. The molecule has 0 radical (unpaired) electrons. The molecule has 4 nitrogen and oxygen atoms in total. The molecule has 0 amide bonds. The van der Waals surface area contributed by atoms with E-state index in [1.54, 1.807) is 0 Å². The molecule has 3 rings (SSSR count). The molecule has 18 heavy (non-hydrogen) atoms. The zero-order valence-electron chi connectivity index (χ0n) is 10.1. The summed E-state index contributed by atoms with van der Waals surface area (Å²) in [5.41, 5.74) is 3.49. The van der Waals surface area contributed by atoms with Crippen molar-refractivity contribution in [3.05, 3.63) is 47.3 Å². The van der Waals surface area contributed by atoms with Crippen LogP contribution >= 0.6 is 0 Å². The van der Waals surface area contributed by atoms with E-state index in [0.717, 1.165) is 22.3 Å². The van der Waals surface area contributed by atoms with Crippen LogP contribution in [0.5, 0.6) is 0 Å². The maximum absolute atomic E-state index is 11.5. The lowest BCUT2D eigenvalue weighted by atomic mass is 10.2. The molecule has 3 aromatic rings. The van der Waals surface area contributed by atoms with Crippen LogP contribution in [0.3, 0.4) is 0 Å². The summed E-state index contributed by atoms with van der Waals surface area (Å²) in [5.74, 6) is -0.939. The van der Waals surface area contributed by atoms with Crippen molar-refractivity contribution in [2.24, 2.45) is 0 Å². The number of aromatic carboxylic acids is 1. The van der Waals surface area contributed by atoms with E-state index in [0.29, 0.717) is 5.65 Å². The van der Waals surface area contributed by atoms with Crippen LogP contribution in [0.1, 0.15) is 21.7 Å². The number of para-hydroxylation sites is 1. The fourth-order valence-electron chi connectivity index (χ4n) is 2.47. The van der Waals surface area contributed by atoms with E-state index < -0.39 is 5.97 Å². The summed E-state index contributed by atoms with van der Waals surface area (Å²) >= 11 is 0. The molecule has 1 N–H and O–H groups in total. The van der Waals surface area contributed by atoms with Gasteiger partial charge in [-0.1, -0.05) is 18.2 Å². The van der Waals surface area contributed by atoms with Crippen LogP contribution in [0.25, 0.3) is 16.6 Å². The van der Waals surface area contributed by atoms with Crippen LogP contribution in [0.15, 0.2) is 30.3 Å². The number of aryl methyl sites for hydroxylation is 2. The monoisotopic (exact) mass is 240 g/mol. The summed E-state index contributed by atoms with van der Waals surface area (Å²) in [6.45, 7) is 3.83. The van der Waals surface area contributed by atoms with Crippen molar-refractivity contribution in [1.82, 2.24) is 9.38 Å². The van der Waals surface area contributed by atoms with Gasteiger partial charge in [-0.3, -0.25) is 4.40 Å². The van der Waals surface area contributed by atoms with Gasteiger partial charge in [0.05, 0.1) is 5.52 Å². The number of carboxylic acid groups (broad SMARTS) is 1. The summed E-state index contributed by atoms with van der Waals surface area (Å²) in [6.07, 6.45) is 0. The van der Waals surface area contributed by atoms with Crippen molar-refractivity contribution in [3.63, 3.8) is 0 Å². The van der Waals surface area contributed by atoms with Crippen LogP contribution in [0.4, 0.5) is 0 Å². The topological polar surface area (TPSA) is 54.6 Å². The molecule has 2 aromatic heterocycles. The molecular formula is C14H12N2O2. The first kappa shape index (κ1) is 10.8. The molecule has 0 atom stereocenters. The van der Waals surface area contributed by atoms with Crippen LogP contribution in [-0.2, 0) is 0 Å². The lowest BCUT2D eigenvalue weighted by Gasteiger charge is -2.03. The molecule has 90 valence electrons. The third-order valence-corrected chi connectivity index (χ3v) is 3.12. The average Bonchev–Trinajstić information content (AvgIpc) is 2.62. The first-order valence-electron chi connectivity index (χ1n) is 5.70. The molecule has 1 aromatic carbocycles. The Bertz CT molecular complexity index is 787. The standard InChI is InChI=1S/C14H12N2O2/c1-8-7-9(2)16-11-6-4-3-5-10(11)12(14(17)18)13(16)15-8/h3-7H,1-2H3,(H,17,18). The van der Waals surface area contributed by atoms with E-state index in [1.807, 2.05) is 48.6 Å². The first-order valence-corrected chi connectivity index (χ1v) is 5.70. The van der Waals surface area contributed by atoms with Gasteiger partial charge < -0.3 is 5.11 Å². The quantitative estimate of drug-likeness (QED) is 0.711. The van der Waals surface area contributed by atoms with Gasteiger partial charge >= 0.3 is 5.97 Å². The van der Waals surface area contributed by atoms with E-state index >= 15 is 0 Å². The van der Waals surface area contributed by atoms with Crippen molar-refractivity contribution < 1.29 is 9.90 Å². The minimum absolute atomic E-state index is 0.275. The second-order valence-electron chi connectivity index (χ2n) is 4.40. The molecule has 0 fully saturated rings. The van der Waals surface area contributed by atoms with Crippen LogP contribution < -0.4 is 0 Å². The van der Waals surface area contributed by atoms with Gasteiger partial charge in [0.2, 0.25) is 0 Å². The fourth-order valence-corrected chi connectivity index (χ4v) is 2.47. The van der Waals surface area contributed by atoms with Crippen molar-refractivity contribution >= 4 is 22.5 Å². The predicted octanol–water partition coefficient (Wildman–Crippen LogP) is 2.80. The number of aromatic nitrogens is 2. The number of rotatable bonds is 1. The average molecular weight is 240 g/mol. The Morgan fingerprint density at radius 2 is 2.00 bits per heavy atom. The maximum Gasteiger partial charge on any atom is 0.340 e. The van der Waals surface area contributed by atoms with Crippen LogP contribution in [-0.4, -0.2) is 20.5 Å². The second kappa shape index (κ2) is 3.57. The molecule has 0 aliphatic rings. The SMILES string of the molecule is Cc1cc(C)n2c(n1)c(C(=O)O)c1ccccc12. The normalized spacial score (nSPS) is 11.2. The molecule has 0 unspecified atom stereocenters. The Labute approximate surface area is 104 Å². The second-order valence-corrected chi connectivity index (χ2v) is 4.40. The predicted molar refractivity (Wildman–Crippen MR) is 69.1 cm³/mol. The highest BCUT2D eigenvalue weighted by Gasteiger charge is 2.19. The van der Waals surface area contributed by atoms with E-state index in [4.69, 9.17) is 0 Å². The lowest BCUT2D eigenvalue weighted by molar-refractivity contribution is 0.0701. The van der Waals surface area contributed by atoms with Crippen molar-refractivity contribution in [2.75, 3.05) is 0 Å². The molecular weight excluding hydrogens is 228 g/mol. The zero-order chi connectivity index (χ0) is 12.9. The van der Waals surface area contributed by atoms with E-state index in [1.165, 1.54) is 0 Å². The Hall–Kier alpha value is -2.36. The van der Waals surface area contributed by atoms with Crippen molar-refractivity contribution in [1.29, 1.82) is 0 Å². The highest BCUT2D eigenvalue weighted by molar-refractivity contribution is 6.10. The Kier molecular flexibility index (Phi) is 2.13. The number of nitrogens with zero attached hydrogens (tertiary/aromatic N) is 2. The minimum atomic E-state index is -0.939. The summed E-state index contributed by atoms with van der Waals surface area (Å²) < 4.78 is 1.89. The number of fused-ring (bicyclic) bond motifs is 3. The van der Waals surface area contributed by atoms with Gasteiger partial charge in [-0.15, -0.1) is 0 Å². The van der Waals surface area contributed by atoms with E-state index in [-0.39, 0.29) is 5.56 Å². The maximum atomic E-state index is 11.5. The molecule has 0 saturated heterocycles. The van der Waals surface area contributed by atoms with Crippen molar-refractivity contribution in [2.45, 2.75) is 13.8 Å². The molecule has 0 spiro atoms. The summed E-state index contributed by atoms with van der Waals surface area (Å²) in [7, 11) is 0. The molecule has 0 aliphatic carbocycles. The Morgan fingerprint density at radius 1 is 1.28 bits per heavy atom. The van der Waals surface area contributed by atoms with Gasteiger partial charge in [-0.2, -0.15) is 0 Å². The molecule has 0 saturated carbocycles. The van der Waals surface area contributed by atoms with Gasteiger partial charge in [-0.05, 0) is 26.0 Å². The van der Waals surface area contributed by atoms with E-state index in [9.17, 15) is 9.90 Å². The highest BCUT2D eigenvalue weighted by Crippen LogP contribution is 2.27. The van der Waals surface area contributed by atoms with Gasteiger partial charge in [-0.25, -0.2) is 9.78 Å². The Morgan fingerprint density at radius 3 is 2.72 bits per heavy atom. The lowest BCUT2D eigenvalue weighted by Crippen LogP contribution is -2.00. The summed E-state index contributed by atoms with van der Waals surface area (Å²) in [5, 5.41) is 10.1. The highest BCUT2D eigenvalue weighted by atomic mass is 16.4. The third kappa shape index (κ3) is 1.32. The van der Waals surface area contributed by atoms with Gasteiger partial charge in [0.15, 0.2) is 5.65 Å². The number of carbonyl (C=O) groups is 1. The number of hydrogen-bond acceptors (Lipinski definition) is 2. The fraction of sp³-hybridized carbons (Fsp3) is 0.143. The molecule has 2 heterocycles. The largest absolute Gasteiger partial charge is 0.478 e. The van der Waals surface area contributed by atoms with Crippen LogP contribution in [0, 0.1) is 13.8 Å². The Balaban J connectivity index is 2.67. The van der Waals surface area contributed by atoms with Crippen molar-refractivity contribution in [3.8, 4) is 0 Å². The number of benzene rings is 1. The summed E-state index contributed by atoms with van der Waals surface area (Å²) in [6, 6.07) is 9.43. The smallest absolute Gasteiger partial charge is 0.340 e. The number of hydrogen-bond donors (Lipinski definition) is 1. The van der Waals surface area contributed by atoms with Gasteiger partial charge in [0.1, 0.15) is 5.56 Å². The third-order valence-electron chi connectivity index (χ3n) is 3.12. The van der Waals surface area contributed by atoms with Gasteiger partial charge in [0.25, 0.3) is 0 Å². The minimum Gasteiger partial charge on any atom is -0.478 e.